The second-order valence-corrected chi connectivity index (χ2v) is 9.55. The van der Waals surface area contributed by atoms with Crippen LogP contribution >= 0.6 is 0 Å². The molecule has 0 saturated heterocycles. The predicted octanol–water partition coefficient (Wildman–Crippen LogP) is 5.51. The van der Waals surface area contributed by atoms with Crippen LogP contribution in [-0.2, 0) is 19.0 Å². The maximum Gasteiger partial charge on any atom is 0.510 e. The lowest BCUT2D eigenvalue weighted by Gasteiger charge is -2.44. The van der Waals surface area contributed by atoms with Crippen LogP contribution in [0.5, 0.6) is 0 Å². The molecular formula is C19H25F7O5. The van der Waals surface area contributed by atoms with Crippen molar-refractivity contribution in [2.75, 3.05) is 0 Å². The van der Waals surface area contributed by atoms with Gasteiger partial charge in [-0.2, -0.15) is 26.3 Å². The summed E-state index contributed by atoms with van der Waals surface area (Å²) in [6.45, 7) is 5.65. The van der Waals surface area contributed by atoms with E-state index in [2.05, 4.69) is 9.47 Å². The molecule has 2 rings (SSSR count). The largest absolute Gasteiger partial charge is 0.510 e. The highest BCUT2D eigenvalue weighted by Gasteiger charge is 2.80. The third-order valence-electron chi connectivity index (χ3n) is 5.53. The zero-order chi connectivity index (χ0) is 24.2. The number of rotatable bonds is 4. The van der Waals surface area contributed by atoms with Gasteiger partial charge in [-0.3, -0.25) is 0 Å². The predicted molar refractivity (Wildman–Crippen MR) is 91.5 cm³/mol. The molecule has 5 nitrogen and oxygen atoms in total. The van der Waals surface area contributed by atoms with Crippen LogP contribution in [0.2, 0.25) is 0 Å². The Morgan fingerprint density at radius 1 is 0.742 bits per heavy atom. The van der Waals surface area contributed by atoms with E-state index in [1.54, 1.807) is 0 Å². The molecule has 0 spiro atoms. The van der Waals surface area contributed by atoms with Gasteiger partial charge in [0.15, 0.2) is 0 Å². The van der Waals surface area contributed by atoms with Crippen LogP contribution < -0.4 is 0 Å². The minimum atomic E-state index is -5.98. The number of carbonyl (C=O) groups is 2. The Balaban J connectivity index is 2.34. The fourth-order valence-corrected chi connectivity index (χ4v) is 4.32. The molecule has 2 aliphatic rings. The molecule has 2 aliphatic carbocycles. The summed E-state index contributed by atoms with van der Waals surface area (Å²) in [6.07, 6.45) is -16.2. The lowest BCUT2D eigenvalue weighted by molar-refractivity contribution is -0.390. The first-order valence-electron chi connectivity index (χ1n) is 9.64. The summed E-state index contributed by atoms with van der Waals surface area (Å²) in [6, 6.07) is 0. The number of hydrogen-bond acceptors (Lipinski definition) is 5. The molecule has 0 N–H and O–H groups in total. The van der Waals surface area contributed by atoms with E-state index in [-0.39, 0.29) is 12.8 Å². The normalized spacial score (nSPS) is 27.2. The summed E-state index contributed by atoms with van der Waals surface area (Å²) >= 11 is 0. The van der Waals surface area contributed by atoms with E-state index in [1.807, 2.05) is 0 Å². The van der Waals surface area contributed by atoms with E-state index in [0.29, 0.717) is 0 Å². The van der Waals surface area contributed by atoms with Gasteiger partial charge in [-0.25, -0.2) is 14.0 Å². The van der Waals surface area contributed by atoms with E-state index < -0.39 is 71.6 Å². The van der Waals surface area contributed by atoms with Gasteiger partial charge in [0, 0.05) is 5.92 Å². The fourth-order valence-electron chi connectivity index (χ4n) is 4.32. The quantitative estimate of drug-likeness (QED) is 0.404. The Bertz CT molecular complexity index is 688. The molecule has 2 saturated carbocycles. The summed E-state index contributed by atoms with van der Waals surface area (Å²) in [7, 11) is 0. The summed E-state index contributed by atoms with van der Waals surface area (Å²) in [5.74, 6) is -5.47. The lowest BCUT2D eigenvalue weighted by atomic mass is 9.74. The van der Waals surface area contributed by atoms with Crippen LogP contribution in [0.4, 0.5) is 35.5 Å². The summed E-state index contributed by atoms with van der Waals surface area (Å²) in [5, 5.41) is 0. The standard InChI is InChI=1S/C19H25F7O5/c1-15(2,3)30-14(28)31-17(18(21,22)23,19(24,25)26)11-7-10-6-9(11)8-12(10)29-13(27)16(4,5)20/h9-12H,6-8H2,1-5H3. The van der Waals surface area contributed by atoms with Gasteiger partial charge in [0.25, 0.3) is 0 Å². The average Bonchev–Trinajstić information content (AvgIpc) is 3.07. The number of ether oxygens (including phenoxy) is 3. The van der Waals surface area contributed by atoms with Crippen molar-refractivity contribution in [3.63, 3.8) is 0 Å². The van der Waals surface area contributed by atoms with Crippen molar-refractivity contribution in [2.45, 2.75) is 89.2 Å². The Kier molecular flexibility index (Phi) is 6.32. The van der Waals surface area contributed by atoms with Crippen LogP contribution in [0.15, 0.2) is 0 Å². The SMILES string of the molecule is CC(C)(C)OC(=O)OC(C1CC2CC1CC2OC(=O)C(C)(C)F)(C(F)(F)F)C(F)(F)F. The third kappa shape index (κ3) is 5.02. The number of esters is 1. The van der Waals surface area contributed by atoms with E-state index in [4.69, 9.17) is 4.74 Å². The van der Waals surface area contributed by atoms with Gasteiger partial charge in [0.1, 0.15) is 11.7 Å². The smallest absolute Gasteiger partial charge is 0.460 e. The van der Waals surface area contributed by atoms with Gasteiger partial charge in [0.2, 0.25) is 5.67 Å². The van der Waals surface area contributed by atoms with Gasteiger partial charge in [-0.05, 0) is 65.7 Å². The average molecular weight is 466 g/mol. The van der Waals surface area contributed by atoms with Gasteiger partial charge in [0.05, 0.1) is 0 Å². The first-order valence-corrected chi connectivity index (χ1v) is 9.64. The molecule has 0 radical (unpaired) electrons. The summed E-state index contributed by atoms with van der Waals surface area (Å²) in [5.41, 5.74) is -8.52. The Morgan fingerprint density at radius 2 is 1.26 bits per heavy atom. The first-order chi connectivity index (χ1) is 13.7. The van der Waals surface area contributed by atoms with Crippen molar-refractivity contribution in [1.29, 1.82) is 0 Å². The number of hydrogen-bond donors (Lipinski definition) is 0. The Morgan fingerprint density at radius 3 is 1.61 bits per heavy atom. The number of halogens is 7. The summed E-state index contributed by atoms with van der Waals surface area (Å²) < 4.78 is 111. The van der Waals surface area contributed by atoms with Crippen molar-refractivity contribution < 1.29 is 54.5 Å². The maximum absolute atomic E-state index is 13.9. The molecular weight excluding hydrogens is 441 g/mol. The Labute approximate surface area is 174 Å². The molecule has 0 amide bonds. The van der Waals surface area contributed by atoms with E-state index in [0.717, 1.165) is 13.8 Å². The Hall–Kier alpha value is -1.75. The van der Waals surface area contributed by atoms with Crippen molar-refractivity contribution in [3.8, 4) is 0 Å². The molecule has 0 aromatic carbocycles. The van der Waals surface area contributed by atoms with Crippen LogP contribution in [0.1, 0.15) is 53.9 Å². The second-order valence-electron chi connectivity index (χ2n) is 9.55. The fraction of sp³-hybridized carbons (Fsp3) is 0.895. The highest BCUT2D eigenvalue weighted by atomic mass is 19.4. The highest BCUT2D eigenvalue weighted by molar-refractivity contribution is 5.78. The number of fused-ring (bicyclic) bond motifs is 2. The van der Waals surface area contributed by atoms with E-state index >= 15 is 0 Å². The molecule has 12 heteroatoms. The molecule has 0 aromatic rings. The molecule has 31 heavy (non-hydrogen) atoms. The van der Waals surface area contributed by atoms with Gasteiger partial charge in [-0.1, -0.05) is 0 Å². The van der Waals surface area contributed by atoms with Gasteiger partial charge >= 0.3 is 30.1 Å². The molecule has 0 heterocycles. The summed E-state index contributed by atoms with van der Waals surface area (Å²) in [4.78, 5) is 23.6. The molecule has 4 atom stereocenters. The molecule has 2 bridgehead atoms. The van der Waals surface area contributed by atoms with E-state index in [9.17, 15) is 40.3 Å². The van der Waals surface area contributed by atoms with Gasteiger partial charge in [-0.15, -0.1) is 0 Å². The molecule has 0 aromatic heterocycles. The van der Waals surface area contributed by atoms with Crippen LogP contribution in [0, 0.1) is 17.8 Å². The lowest BCUT2D eigenvalue weighted by Crippen LogP contribution is -2.65. The van der Waals surface area contributed by atoms with Crippen LogP contribution in [0.3, 0.4) is 0 Å². The van der Waals surface area contributed by atoms with Crippen molar-refractivity contribution in [3.05, 3.63) is 0 Å². The van der Waals surface area contributed by atoms with E-state index in [1.165, 1.54) is 20.8 Å². The minimum Gasteiger partial charge on any atom is -0.460 e. The zero-order valence-electron chi connectivity index (χ0n) is 17.6. The topological polar surface area (TPSA) is 61.8 Å². The van der Waals surface area contributed by atoms with Crippen molar-refractivity contribution in [1.82, 2.24) is 0 Å². The monoisotopic (exact) mass is 466 g/mol. The molecule has 180 valence electrons. The van der Waals surface area contributed by atoms with Crippen LogP contribution in [0.25, 0.3) is 0 Å². The number of carbonyl (C=O) groups excluding carboxylic acids is 2. The minimum absolute atomic E-state index is 0.110. The second kappa shape index (κ2) is 7.68. The van der Waals surface area contributed by atoms with Crippen LogP contribution in [-0.4, -0.2) is 47.5 Å². The zero-order valence-corrected chi connectivity index (χ0v) is 17.6. The third-order valence-corrected chi connectivity index (χ3v) is 5.53. The molecule has 2 fully saturated rings. The van der Waals surface area contributed by atoms with Crippen molar-refractivity contribution in [2.24, 2.45) is 17.8 Å². The van der Waals surface area contributed by atoms with Gasteiger partial charge < -0.3 is 14.2 Å². The first kappa shape index (κ1) is 25.5. The maximum atomic E-state index is 13.9. The highest BCUT2D eigenvalue weighted by Crippen LogP contribution is 2.62. The number of alkyl halides is 7. The molecule has 4 unspecified atom stereocenters. The van der Waals surface area contributed by atoms with Crippen molar-refractivity contribution >= 4 is 12.1 Å². The molecule has 0 aliphatic heterocycles.